The van der Waals surface area contributed by atoms with E-state index >= 15 is 0 Å². The number of rotatable bonds is 4. The van der Waals surface area contributed by atoms with Crippen molar-refractivity contribution in [2.24, 2.45) is 0 Å². The fraction of sp³-hybridized carbons (Fsp3) is 0.500. The van der Waals surface area contributed by atoms with Gasteiger partial charge in [0.2, 0.25) is 11.8 Å². The fourth-order valence-corrected chi connectivity index (χ4v) is 1.19. The van der Waals surface area contributed by atoms with Gasteiger partial charge in [-0.2, -0.15) is 0 Å². The molecule has 1 amide bonds. The van der Waals surface area contributed by atoms with E-state index in [9.17, 15) is 4.79 Å². The van der Waals surface area contributed by atoms with Gasteiger partial charge in [-0.25, -0.2) is 4.98 Å². The van der Waals surface area contributed by atoms with Gasteiger partial charge in [-0.05, 0) is 32.9 Å². The van der Waals surface area contributed by atoms with Crippen LogP contribution in [-0.2, 0) is 4.79 Å². The summed E-state index contributed by atoms with van der Waals surface area (Å²) >= 11 is 0. The number of carbonyl (C=O) groups is 1. The fourth-order valence-electron chi connectivity index (χ4n) is 1.19. The highest BCUT2D eigenvalue weighted by Gasteiger charge is 2.12. The largest absolute Gasteiger partial charge is 0.480 e. The lowest BCUT2D eigenvalue weighted by Crippen LogP contribution is -2.41. The van der Waals surface area contributed by atoms with E-state index in [1.54, 1.807) is 18.3 Å². The molecule has 1 aromatic heterocycles. The molecule has 5 heteroatoms. The van der Waals surface area contributed by atoms with Gasteiger partial charge in [0.1, 0.15) is 5.69 Å². The van der Waals surface area contributed by atoms with E-state index in [0.29, 0.717) is 11.6 Å². The Morgan fingerprint density at radius 3 is 2.76 bits per heavy atom. The number of ether oxygens (including phenoxy) is 1. The maximum Gasteiger partial charge on any atom is 0.238 e. The molecule has 0 spiro atoms. The summed E-state index contributed by atoms with van der Waals surface area (Å²) in [6.07, 6.45) is 1.61. The molecule has 1 aromatic rings. The van der Waals surface area contributed by atoms with Crippen molar-refractivity contribution in [2.75, 3.05) is 19.0 Å². The Labute approximate surface area is 102 Å². The number of anilines is 1. The first kappa shape index (κ1) is 13.4. The molecule has 17 heavy (non-hydrogen) atoms. The SMILES string of the molecule is COc1ncccc1NC(=O)CNC(C)(C)C. The summed E-state index contributed by atoms with van der Waals surface area (Å²) in [5.41, 5.74) is 0.492. The van der Waals surface area contributed by atoms with Crippen LogP contribution in [0, 0.1) is 0 Å². The van der Waals surface area contributed by atoms with E-state index in [0.717, 1.165) is 0 Å². The van der Waals surface area contributed by atoms with Crippen LogP contribution in [0.2, 0.25) is 0 Å². The van der Waals surface area contributed by atoms with E-state index in [4.69, 9.17) is 4.74 Å². The number of hydrogen-bond acceptors (Lipinski definition) is 4. The van der Waals surface area contributed by atoms with Crippen LogP contribution in [0.4, 0.5) is 5.69 Å². The molecule has 0 saturated carbocycles. The van der Waals surface area contributed by atoms with Gasteiger partial charge < -0.3 is 15.4 Å². The second kappa shape index (κ2) is 5.63. The zero-order chi connectivity index (χ0) is 12.9. The van der Waals surface area contributed by atoms with E-state index in [-0.39, 0.29) is 18.0 Å². The lowest BCUT2D eigenvalue weighted by molar-refractivity contribution is -0.115. The molecule has 5 nitrogen and oxygen atoms in total. The van der Waals surface area contributed by atoms with Crippen molar-refractivity contribution in [2.45, 2.75) is 26.3 Å². The van der Waals surface area contributed by atoms with E-state index in [1.165, 1.54) is 7.11 Å². The molecule has 0 aliphatic rings. The summed E-state index contributed by atoms with van der Waals surface area (Å²) in [6, 6.07) is 3.50. The number of carbonyl (C=O) groups excluding carboxylic acids is 1. The van der Waals surface area contributed by atoms with Gasteiger partial charge in [0.05, 0.1) is 13.7 Å². The molecule has 2 N–H and O–H groups in total. The minimum absolute atomic E-state index is 0.0869. The average molecular weight is 237 g/mol. The van der Waals surface area contributed by atoms with Crippen LogP contribution in [0.25, 0.3) is 0 Å². The Hall–Kier alpha value is -1.62. The van der Waals surface area contributed by atoms with Crippen LogP contribution in [-0.4, -0.2) is 30.1 Å². The van der Waals surface area contributed by atoms with Crippen molar-refractivity contribution in [1.82, 2.24) is 10.3 Å². The van der Waals surface area contributed by atoms with Gasteiger partial charge in [-0.15, -0.1) is 0 Å². The van der Waals surface area contributed by atoms with Crippen molar-refractivity contribution in [3.05, 3.63) is 18.3 Å². The molecular formula is C12H19N3O2. The van der Waals surface area contributed by atoms with Crippen molar-refractivity contribution < 1.29 is 9.53 Å². The van der Waals surface area contributed by atoms with Crippen LogP contribution in [0.1, 0.15) is 20.8 Å². The van der Waals surface area contributed by atoms with Crippen LogP contribution in [0.3, 0.4) is 0 Å². The highest BCUT2D eigenvalue weighted by Crippen LogP contribution is 2.19. The molecule has 1 heterocycles. The monoisotopic (exact) mass is 237 g/mol. The molecular weight excluding hydrogens is 218 g/mol. The summed E-state index contributed by atoms with van der Waals surface area (Å²) in [4.78, 5) is 15.7. The molecule has 0 unspecified atom stereocenters. The number of nitrogens with one attached hydrogen (secondary N) is 2. The average Bonchev–Trinajstić information content (AvgIpc) is 2.26. The van der Waals surface area contributed by atoms with E-state index in [1.807, 2.05) is 20.8 Å². The lowest BCUT2D eigenvalue weighted by Gasteiger charge is -2.20. The van der Waals surface area contributed by atoms with E-state index in [2.05, 4.69) is 15.6 Å². The smallest absolute Gasteiger partial charge is 0.238 e. The summed E-state index contributed by atoms with van der Waals surface area (Å²) < 4.78 is 5.05. The minimum atomic E-state index is -0.119. The number of aromatic nitrogens is 1. The number of nitrogens with zero attached hydrogens (tertiary/aromatic N) is 1. The summed E-state index contributed by atoms with van der Waals surface area (Å²) in [7, 11) is 1.52. The second-order valence-corrected chi connectivity index (χ2v) is 4.71. The third-order valence-electron chi connectivity index (χ3n) is 2.02. The van der Waals surface area contributed by atoms with Gasteiger partial charge in [0.25, 0.3) is 0 Å². The van der Waals surface area contributed by atoms with Crippen molar-refractivity contribution >= 4 is 11.6 Å². The predicted octanol–water partition coefficient (Wildman–Crippen LogP) is 1.42. The first-order valence-corrected chi connectivity index (χ1v) is 5.46. The molecule has 0 aromatic carbocycles. The van der Waals surface area contributed by atoms with Crippen LogP contribution >= 0.6 is 0 Å². The third-order valence-corrected chi connectivity index (χ3v) is 2.02. The molecule has 94 valence electrons. The number of amides is 1. The summed E-state index contributed by atoms with van der Waals surface area (Å²) in [5, 5.41) is 5.85. The van der Waals surface area contributed by atoms with Gasteiger partial charge >= 0.3 is 0 Å². The number of pyridine rings is 1. The Kier molecular flexibility index (Phi) is 4.45. The summed E-state index contributed by atoms with van der Waals surface area (Å²) in [6.45, 7) is 6.27. The Balaban J connectivity index is 2.56. The number of methoxy groups -OCH3 is 1. The van der Waals surface area contributed by atoms with Gasteiger partial charge in [0, 0.05) is 11.7 Å². The Morgan fingerprint density at radius 1 is 1.47 bits per heavy atom. The minimum Gasteiger partial charge on any atom is -0.480 e. The zero-order valence-corrected chi connectivity index (χ0v) is 10.7. The Morgan fingerprint density at radius 2 is 2.18 bits per heavy atom. The number of hydrogen-bond donors (Lipinski definition) is 2. The van der Waals surface area contributed by atoms with Crippen LogP contribution in [0.5, 0.6) is 5.88 Å². The Bertz CT molecular complexity index is 386. The topological polar surface area (TPSA) is 63.2 Å². The second-order valence-electron chi connectivity index (χ2n) is 4.71. The van der Waals surface area contributed by atoms with Crippen molar-refractivity contribution in [3.8, 4) is 5.88 Å². The molecule has 1 rings (SSSR count). The maximum atomic E-state index is 11.7. The lowest BCUT2D eigenvalue weighted by atomic mass is 10.1. The van der Waals surface area contributed by atoms with Crippen molar-refractivity contribution in [1.29, 1.82) is 0 Å². The molecule has 0 saturated heterocycles. The molecule has 0 bridgehead atoms. The van der Waals surface area contributed by atoms with Crippen LogP contribution in [0.15, 0.2) is 18.3 Å². The highest BCUT2D eigenvalue weighted by atomic mass is 16.5. The molecule has 0 radical (unpaired) electrons. The quantitative estimate of drug-likeness (QED) is 0.831. The van der Waals surface area contributed by atoms with Gasteiger partial charge in [0.15, 0.2) is 0 Å². The third kappa shape index (κ3) is 4.82. The molecule has 0 atom stereocenters. The van der Waals surface area contributed by atoms with Crippen molar-refractivity contribution in [3.63, 3.8) is 0 Å². The normalized spacial score (nSPS) is 11.1. The van der Waals surface area contributed by atoms with Crippen LogP contribution < -0.4 is 15.4 Å². The highest BCUT2D eigenvalue weighted by molar-refractivity contribution is 5.93. The van der Waals surface area contributed by atoms with E-state index < -0.39 is 0 Å². The first-order chi connectivity index (χ1) is 7.92. The van der Waals surface area contributed by atoms with Gasteiger partial charge in [-0.1, -0.05) is 0 Å². The molecule has 0 aliphatic heterocycles. The molecule has 0 fully saturated rings. The zero-order valence-electron chi connectivity index (χ0n) is 10.7. The first-order valence-electron chi connectivity index (χ1n) is 5.46. The predicted molar refractivity (Wildman–Crippen MR) is 67.2 cm³/mol. The maximum absolute atomic E-state index is 11.7. The van der Waals surface area contributed by atoms with Gasteiger partial charge in [-0.3, -0.25) is 4.79 Å². The molecule has 0 aliphatic carbocycles. The summed E-state index contributed by atoms with van der Waals surface area (Å²) in [5.74, 6) is 0.294. The standard InChI is InChI=1S/C12H19N3O2/c1-12(2,3)14-8-10(16)15-9-6-5-7-13-11(9)17-4/h5-7,14H,8H2,1-4H3,(H,15,16).